The number of aryl methyl sites for hydroxylation is 1. The summed E-state index contributed by atoms with van der Waals surface area (Å²) >= 11 is 0. The highest BCUT2D eigenvalue weighted by molar-refractivity contribution is 7.86. The average molecular weight is 829 g/mol. The Hall–Kier alpha value is -4.62. The maximum absolute atomic E-state index is 13.5. The van der Waals surface area contributed by atoms with Crippen molar-refractivity contribution < 1.29 is 41.1 Å². The van der Waals surface area contributed by atoms with Gasteiger partial charge in [0.1, 0.15) is 23.3 Å². The second kappa shape index (κ2) is 19.2. The number of ether oxygens (including phenoxy) is 5. The zero-order chi connectivity index (χ0) is 42.2. The fourth-order valence-electron chi connectivity index (χ4n) is 7.77. The Morgan fingerprint density at radius 2 is 1.61 bits per heavy atom. The van der Waals surface area contributed by atoms with Gasteiger partial charge in [-0.15, -0.1) is 0 Å². The predicted octanol–water partition coefficient (Wildman–Crippen LogP) is 9.02. The lowest BCUT2D eigenvalue weighted by Crippen LogP contribution is -2.51. The average Bonchev–Trinajstić information content (AvgIpc) is 3.48. The number of para-hydroxylation sites is 2. The summed E-state index contributed by atoms with van der Waals surface area (Å²) in [5.41, 5.74) is 4.41. The molecular weight excluding hydrogens is 769 g/mol. The molecule has 0 spiro atoms. The molecule has 2 heterocycles. The van der Waals surface area contributed by atoms with E-state index in [9.17, 15) is 13.2 Å². The van der Waals surface area contributed by atoms with Gasteiger partial charge in [0.25, 0.3) is 10.1 Å². The number of amides is 1. The normalized spacial score (nSPS) is 18.3. The second-order valence-corrected chi connectivity index (χ2v) is 18.6. The van der Waals surface area contributed by atoms with E-state index in [-0.39, 0.29) is 29.3 Å². The largest absolute Gasteiger partial charge is 0.496 e. The van der Waals surface area contributed by atoms with E-state index in [4.69, 9.17) is 27.9 Å². The molecule has 2 aliphatic rings. The standard InChI is InChI=1S/C47H60N2O9S/c1-34-17-23-38(24-18-34)59(51,52)56-30-26-44(49-33-47(5,6)40-14-9-10-15-41(40)49)57-43-31-48(45(50)58-46(2,3)4)27-25-39(43)35-19-21-37(22-20-35)55-29-12-28-54-32-36-13-8-11-16-42(36)53-7/h8-11,13-24,39,43-44H,12,25-33H2,1-7H3. The van der Waals surface area contributed by atoms with Crippen molar-refractivity contribution in [2.75, 3.05) is 51.5 Å². The molecule has 0 radical (unpaired) electrons. The van der Waals surface area contributed by atoms with Crippen LogP contribution in [0, 0.1) is 6.92 Å². The molecule has 1 amide bonds. The Morgan fingerprint density at radius 3 is 2.34 bits per heavy atom. The van der Waals surface area contributed by atoms with Crippen LogP contribution in [0.2, 0.25) is 0 Å². The zero-order valence-electron chi connectivity index (χ0n) is 35.5. The van der Waals surface area contributed by atoms with Gasteiger partial charge in [-0.3, -0.25) is 4.18 Å². The number of piperidine rings is 1. The highest BCUT2D eigenvalue weighted by atomic mass is 32.2. The van der Waals surface area contributed by atoms with E-state index in [1.807, 2.05) is 76.2 Å². The molecule has 59 heavy (non-hydrogen) atoms. The molecule has 0 aliphatic carbocycles. The van der Waals surface area contributed by atoms with E-state index in [2.05, 4.69) is 43.0 Å². The first-order valence-electron chi connectivity index (χ1n) is 20.5. The van der Waals surface area contributed by atoms with Crippen molar-refractivity contribution in [2.45, 2.75) is 102 Å². The predicted molar refractivity (Wildman–Crippen MR) is 229 cm³/mol. The van der Waals surface area contributed by atoms with Crippen molar-refractivity contribution in [2.24, 2.45) is 0 Å². The van der Waals surface area contributed by atoms with Gasteiger partial charge in [-0.25, -0.2) is 4.79 Å². The lowest BCUT2D eigenvalue weighted by Gasteiger charge is -2.42. The summed E-state index contributed by atoms with van der Waals surface area (Å²) < 4.78 is 62.5. The summed E-state index contributed by atoms with van der Waals surface area (Å²) in [7, 11) is -2.34. The van der Waals surface area contributed by atoms with Gasteiger partial charge in [0.2, 0.25) is 0 Å². The molecule has 2 aliphatic heterocycles. The van der Waals surface area contributed by atoms with Crippen LogP contribution in [0.3, 0.4) is 0 Å². The number of rotatable bonds is 17. The second-order valence-electron chi connectivity index (χ2n) is 17.0. The topological polar surface area (TPSA) is 113 Å². The zero-order valence-corrected chi connectivity index (χ0v) is 36.3. The van der Waals surface area contributed by atoms with Crippen LogP contribution in [0.25, 0.3) is 0 Å². The van der Waals surface area contributed by atoms with Crippen molar-refractivity contribution in [1.82, 2.24) is 4.90 Å². The molecule has 6 rings (SSSR count). The number of anilines is 1. The molecule has 1 saturated heterocycles. The summed E-state index contributed by atoms with van der Waals surface area (Å²) in [5.74, 6) is 1.49. The Labute approximate surface area is 350 Å². The van der Waals surface area contributed by atoms with Gasteiger partial charge in [0.05, 0.1) is 51.1 Å². The summed E-state index contributed by atoms with van der Waals surface area (Å²) in [6.45, 7) is 14.8. The van der Waals surface area contributed by atoms with Crippen LogP contribution >= 0.6 is 0 Å². The molecule has 4 aromatic rings. The maximum Gasteiger partial charge on any atom is 0.410 e. The Morgan fingerprint density at radius 1 is 0.898 bits per heavy atom. The van der Waals surface area contributed by atoms with Gasteiger partial charge in [-0.05, 0) is 81.6 Å². The molecule has 3 unspecified atom stereocenters. The fourth-order valence-corrected chi connectivity index (χ4v) is 8.70. The fraction of sp³-hybridized carbons (Fsp3) is 0.468. The number of fused-ring (bicyclic) bond motifs is 1. The van der Waals surface area contributed by atoms with Crippen molar-refractivity contribution in [3.05, 3.63) is 119 Å². The van der Waals surface area contributed by atoms with E-state index >= 15 is 0 Å². The highest BCUT2D eigenvalue weighted by Crippen LogP contribution is 2.43. The van der Waals surface area contributed by atoms with Crippen molar-refractivity contribution in [3.63, 3.8) is 0 Å². The molecule has 12 heteroatoms. The SMILES string of the molecule is COc1ccccc1COCCCOc1ccc(C2CCN(C(=O)OC(C)(C)C)CC2OC(CCOS(=O)(=O)c2ccc(C)cc2)N2CC(C)(C)c3ccccc32)cc1. The van der Waals surface area contributed by atoms with Gasteiger partial charge in [0, 0.05) is 48.5 Å². The number of nitrogens with zero attached hydrogens (tertiary/aromatic N) is 2. The summed E-state index contributed by atoms with van der Waals surface area (Å²) in [6.07, 6.45) is 0.227. The van der Waals surface area contributed by atoms with Gasteiger partial charge >= 0.3 is 6.09 Å². The molecule has 0 bridgehead atoms. The highest BCUT2D eigenvalue weighted by Gasteiger charge is 2.42. The Balaban J connectivity index is 1.18. The van der Waals surface area contributed by atoms with Crippen molar-refractivity contribution in [1.29, 1.82) is 0 Å². The third-order valence-electron chi connectivity index (χ3n) is 10.8. The quantitative estimate of drug-likeness (QED) is 0.0755. The smallest absolute Gasteiger partial charge is 0.410 e. The number of benzene rings is 4. The molecule has 1 fully saturated rings. The molecule has 0 aromatic heterocycles. The third-order valence-corrected chi connectivity index (χ3v) is 12.1. The van der Waals surface area contributed by atoms with Gasteiger partial charge in [-0.1, -0.05) is 80.1 Å². The first-order valence-corrected chi connectivity index (χ1v) is 21.9. The number of methoxy groups -OCH3 is 1. The minimum Gasteiger partial charge on any atom is -0.496 e. The Kier molecular flexibility index (Phi) is 14.3. The summed E-state index contributed by atoms with van der Waals surface area (Å²) in [6, 6.07) is 30.8. The first-order chi connectivity index (χ1) is 28.1. The molecule has 0 N–H and O–H groups in total. The van der Waals surface area contributed by atoms with E-state index in [1.54, 1.807) is 36.3 Å². The van der Waals surface area contributed by atoms with E-state index in [1.165, 1.54) is 5.56 Å². The lowest BCUT2D eigenvalue weighted by molar-refractivity contribution is -0.0691. The van der Waals surface area contributed by atoms with Crippen molar-refractivity contribution in [3.8, 4) is 11.5 Å². The minimum atomic E-state index is -4.00. The van der Waals surface area contributed by atoms with Crippen LogP contribution in [-0.2, 0) is 40.5 Å². The molecule has 4 aromatic carbocycles. The number of hydrogen-bond donors (Lipinski definition) is 0. The van der Waals surface area contributed by atoms with Crippen molar-refractivity contribution >= 4 is 21.9 Å². The van der Waals surface area contributed by atoms with Crippen LogP contribution in [0.5, 0.6) is 11.5 Å². The number of hydrogen-bond acceptors (Lipinski definition) is 10. The molecule has 11 nitrogen and oxygen atoms in total. The van der Waals surface area contributed by atoms with Gasteiger partial charge < -0.3 is 33.5 Å². The molecule has 3 atom stereocenters. The number of carbonyl (C=O) groups excluding carboxylic acids is 1. The van der Waals surface area contributed by atoms with Crippen LogP contribution in [0.15, 0.2) is 102 Å². The monoisotopic (exact) mass is 828 g/mol. The van der Waals surface area contributed by atoms with Crippen LogP contribution in [-0.4, -0.2) is 83.9 Å². The van der Waals surface area contributed by atoms with Crippen LogP contribution in [0.4, 0.5) is 10.5 Å². The molecule has 318 valence electrons. The summed E-state index contributed by atoms with van der Waals surface area (Å²) in [5, 5.41) is 0. The molecule has 0 saturated carbocycles. The van der Waals surface area contributed by atoms with E-state index in [0.717, 1.165) is 40.3 Å². The number of carbonyl (C=O) groups is 1. The van der Waals surface area contributed by atoms with Crippen LogP contribution < -0.4 is 14.4 Å². The van der Waals surface area contributed by atoms with Gasteiger partial charge in [0.15, 0.2) is 0 Å². The van der Waals surface area contributed by atoms with Crippen LogP contribution in [0.1, 0.15) is 82.1 Å². The molecular formula is C47H60N2O9S. The lowest BCUT2D eigenvalue weighted by atomic mass is 9.87. The summed E-state index contributed by atoms with van der Waals surface area (Å²) in [4.78, 5) is 17.5. The van der Waals surface area contributed by atoms with E-state index < -0.39 is 34.1 Å². The number of likely N-dealkylation sites (tertiary alicyclic amines) is 1. The first kappa shape index (κ1) is 43.9. The van der Waals surface area contributed by atoms with Gasteiger partial charge in [-0.2, -0.15) is 8.42 Å². The Bertz CT molecular complexity index is 2100. The van der Waals surface area contributed by atoms with E-state index in [0.29, 0.717) is 45.9 Å². The minimum absolute atomic E-state index is 0.0725. The maximum atomic E-state index is 13.5. The third kappa shape index (κ3) is 11.6.